The van der Waals surface area contributed by atoms with E-state index in [0.717, 1.165) is 13.1 Å². The van der Waals surface area contributed by atoms with E-state index in [0.29, 0.717) is 38.5 Å². The Bertz CT molecular complexity index is 1350. The van der Waals surface area contributed by atoms with E-state index < -0.39 is 42.0 Å². The second-order valence-corrected chi connectivity index (χ2v) is 11.9. The summed E-state index contributed by atoms with van der Waals surface area (Å²) in [6, 6.07) is 11.6. The van der Waals surface area contributed by atoms with Gasteiger partial charge >= 0.3 is 0 Å². The number of ketones is 1. The van der Waals surface area contributed by atoms with Crippen LogP contribution in [-0.2, 0) is 30.4 Å². The third kappa shape index (κ3) is 16.5. The van der Waals surface area contributed by atoms with Gasteiger partial charge in [0.2, 0.25) is 11.8 Å². The van der Waals surface area contributed by atoms with Crippen LogP contribution >= 0.6 is 0 Å². The summed E-state index contributed by atoms with van der Waals surface area (Å²) in [6.45, 7) is 19.9. The average Bonchev–Trinajstić information content (AvgIpc) is 3.67. The van der Waals surface area contributed by atoms with E-state index in [-0.39, 0.29) is 23.8 Å². The van der Waals surface area contributed by atoms with Crippen LogP contribution in [0.25, 0.3) is 0 Å². The molecule has 1 aromatic carbocycles. The van der Waals surface area contributed by atoms with Gasteiger partial charge in [0.15, 0.2) is 17.2 Å². The highest BCUT2D eigenvalue weighted by molar-refractivity contribution is 5.98. The first-order chi connectivity index (χ1) is 23.4. The second kappa shape index (κ2) is 23.1. The first-order valence-corrected chi connectivity index (χ1v) is 16.7. The molecule has 2 fully saturated rings. The normalized spacial score (nSPS) is 17.4. The molecule has 0 saturated carbocycles. The van der Waals surface area contributed by atoms with E-state index in [2.05, 4.69) is 51.6 Å². The van der Waals surface area contributed by atoms with Crippen LogP contribution in [0.2, 0.25) is 0 Å². The van der Waals surface area contributed by atoms with Gasteiger partial charge in [-0.2, -0.15) is 5.26 Å². The Hall–Kier alpha value is -4.38. The fourth-order valence-electron chi connectivity index (χ4n) is 4.40. The molecule has 2 saturated heterocycles. The maximum atomic E-state index is 12.7. The Balaban J connectivity index is 0.000000853. The molecule has 3 N–H and O–H groups in total. The first-order valence-electron chi connectivity index (χ1n) is 16.7. The van der Waals surface area contributed by atoms with Crippen LogP contribution in [0.4, 0.5) is 0 Å². The van der Waals surface area contributed by atoms with Gasteiger partial charge in [-0.3, -0.25) is 24.1 Å². The van der Waals surface area contributed by atoms with Gasteiger partial charge in [0.05, 0.1) is 51.4 Å². The minimum atomic E-state index is -1.21. The number of aryl methyl sites for hydroxylation is 1. The molecule has 2 aliphatic rings. The molecule has 49 heavy (non-hydrogen) atoms. The van der Waals surface area contributed by atoms with Crippen LogP contribution in [0.15, 0.2) is 53.6 Å². The molecule has 3 heterocycles. The van der Waals surface area contributed by atoms with Gasteiger partial charge in [0.1, 0.15) is 11.6 Å². The zero-order valence-corrected chi connectivity index (χ0v) is 30.0. The first kappa shape index (κ1) is 42.6. The molecular weight excluding hydrogens is 628 g/mol. The molecule has 13 heteroatoms. The summed E-state index contributed by atoms with van der Waals surface area (Å²) in [7, 11) is 0. The van der Waals surface area contributed by atoms with E-state index in [9.17, 15) is 19.2 Å². The van der Waals surface area contributed by atoms with Crippen LogP contribution < -0.4 is 16.0 Å². The quantitative estimate of drug-likeness (QED) is 0.208. The number of nitrogens with zero attached hydrogens (tertiary/aromatic N) is 3. The number of epoxide rings is 1. The topological polar surface area (TPSA) is 179 Å². The number of allylic oxidation sites excluding steroid dienone is 1. The number of ether oxygens (including phenoxy) is 2. The lowest BCUT2D eigenvalue weighted by atomic mass is 9.93. The van der Waals surface area contributed by atoms with Gasteiger partial charge in [0.25, 0.3) is 5.91 Å². The summed E-state index contributed by atoms with van der Waals surface area (Å²) in [5.74, 6) is -1.55. The van der Waals surface area contributed by atoms with Crippen LogP contribution in [0.5, 0.6) is 0 Å². The standard InChI is InChI=1S/C24H34N6O7.C7H8.C3H6.C2H6/c1-15(2)10-18(21(32)24(3)14-36-24)27-20(31)12-26-22(33)17(4-5-25)28-23(34)19-11-16(37-29-19)13-30-6-8-35-9-7-30;1-7-5-3-2-4-6-7;1-3-2;1-2/h11,15,17-18H,4,6-10,12-14H2,1-3H3,(H,26,33)(H,27,31)(H,28,34);2-6H,1H3;3H,1H2,2H3;1-2H3/t17-,18-,24+;;;/m0.../s1. The molecule has 0 aliphatic carbocycles. The fourth-order valence-corrected chi connectivity index (χ4v) is 4.40. The summed E-state index contributed by atoms with van der Waals surface area (Å²) in [4.78, 5) is 52.5. The maximum Gasteiger partial charge on any atom is 0.274 e. The van der Waals surface area contributed by atoms with Crippen molar-refractivity contribution in [2.45, 2.75) is 85.5 Å². The molecule has 4 rings (SSSR count). The smallest absolute Gasteiger partial charge is 0.274 e. The highest BCUT2D eigenvalue weighted by atomic mass is 16.6. The third-order valence-electron chi connectivity index (χ3n) is 7.01. The van der Waals surface area contributed by atoms with Gasteiger partial charge in [-0.15, -0.1) is 6.58 Å². The lowest BCUT2D eigenvalue weighted by Gasteiger charge is -2.25. The van der Waals surface area contributed by atoms with Crippen molar-refractivity contribution in [2.24, 2.45) is 5.92 Å². The lowest BCUT2D eigenvalue weighted by Crippen LogP contribution is -2.52. The van der Waals surface area contributed by atoms with Crippen LogP contribution in [-0.4, -0.2) is 90.7 Å². The van der Waals surface area contributed by atoms with E-state index in [1.807, 2.05) is 58.9 Å². The van der Waals surface area contributed by atoms with Crippen molar-refractivity contribution in [3.8, 4) is 6.07 Å². The van der Waals surface area contributed by atoms with Crippen molar-refractivity contribution >= 4 is 23.5 Å². The summed E-state index contributed by atoms with van der Waals surface area (Å²) >= 11 is 0. The number of benzene rings is 1. The van der Waals surface area contributed by atoms with Crippen molar-refractivity contribution in [1.29, 1.82) is 5.26 Å². The molecule has 3 amide bonds. The van der Waals surface area contributed by atoms with Crippen molar-refractivity contribution < 1.29 is 33.2 Å². The van der Waals surface area contributed by atoms with Crippen molar-refractivity contribution in [2.75, 3.05) is 39.5 Å². The minimum Gasteiger partial charge on any atom is -0.379 e. The number of carbonyl (C=O) groups is 4. The Labute approximate surface area is 290 Å². The number of morpholine rings is 1. The molecule has 1 aromatic heterocycles. The molecule has 270 valence electrons. The van der Waals surface area contributed by atoms with E-state index in [1.165, 1.54) is 11.6 Å². The number of nitrogens with one attached hydrogen (secondary N) is 3. The number of amides is 3. The number of carbonyl (C=O) groups excluding carboxylic acids is 4. The number of hydrogen-bond acceptors (Lipinski definition) is 10. The van der Waals surface area contributed by atoms with Crippen LogP contribution in [0, 0.1) is 24.2 Å². The zero-order chi connectivity index (χ0) is 36.8. The SMILES string of the molecule is C=CC.CC.CC(C)C[C@H](NC(=O)CNC(=O)[C@H](CC#N)NC(=O)c1cc(CN2CCOCC2)on1)C(=O)[C@@]1(C)CO1.Cc1ccccc1. The molecular formula is C36H54N6O7. The Morgan fingerprint density at radius 3 is 2.22 bits per heavy atom. The van der Waals surface area contributed by atoms with Gasteiger partial charge in [-0.25, -0.2) is 0 Å². The molecule has 0 unspecified atom stereocenters. The number of aromatic nitrogens is 1. The second-order valence-electron chi connectivity index (χ2n) is 11.9. The zero-order valence-electron chi connectivity index (χ0n) is 30.0. The number of Topliss-reactive ketones (excluding diaryl/α,β-unsaturated/α-hetero) is 1. The molecule has 3 atom stereocenters. The average molecular weight is 683 g/mol. The summed E-state index contributed by atoms with van der Waals surface area (Å²) in [5, 5.41) is 20.4. The Kier molecular flexibility index (Phi) is 20.1. The van der Waals surface area contributed by atoms with Gasteiger partial charge in [-0.1, -0.05) is 74.8 Å². The van der Waals surface area contributed by atoms with Crippen molar-refractivity contribution in [3.05, 3.63) is 66.1 Å². The number of rotatable bonds is 13. The van der Waals surface area contributed by atoms with Gasteiger partial charge in [-0.05, 0) is 33.1 Å². The van der Waals surface area contributed by atoms with Crippen LogP contribution in [0.3, 0.4) is 0 Å². The summed E-state index contributed by atoms with van der Waals surface area (Å²) in [6.07, 6.45) is 1.86. The monoisotopic (exact) mass is 682 g/mol. The molecule has 13 nitrogen and oxygen atoms in total. The van der Waals surface area contributed by atoms with Crippen molar-refractivity contribution in [3.63, 3.8) is 0 Å². The maximum absolute atomic E-state index is 12.7. The molecule has 0 spiro atoms. The number of nitriles is 1. The van der Waals surface area contributed by atoms with Gasteiger partial charge < -0.3 is 29.9 Å². The Morgan fingerprint density at radius 2 is 1.71 bits per heavy atom. The van der Waals surface area contributed by atoms with Crippen molar-refractivity contribution in [1.82, 2.24) is 26.0 Å². The summed E-state index contributed by atoms with van der Waals surface area (Å²) < 4.78 is 15.7. The fraction of sp³-hybridized carbons (Fsp3) is 0.556. The van der Waals surface area contributed by atoms with Gasteiger partial charge in [0, 0.05) is 19.2 Å². The lowest BCUT2D eigenvalue weighted by molar-refractivity contribution is -0.131. The van der Waals surface area contributed by atoms with E-state index in [1.54, 1.807) is 13.0 Å². The van der Waals surface area contributed by atoms with E-state index in [4.69, 9.17) is 19.3 Å². The largest absolute Gasteiger partial charge is 0.379 e. The predicted octanol–water partition coefficient (Wildman–Crippen LogP) is 3.74. The molecule has 2 aliphatic heterocycles. The van der Waals surface area contributed by atoms with E-state index >= 15 is 0 Å². The number of hydrogen-bond donors (Lipinski definition) is 3. The summed E-state index contributed by atoms with van der Waals surface area (Å²) in [5.41, 5.74) is 0.409. The molecule has 2 aromatic rings. The third-order valence-corrected chi connectivity index (χ3v) is 7.01. The predicted molar refractivity (Wildman–Crippen MR) is 186 cm³/mol. The highest BCUT2D eigenvalue weighted by Crippen LogP contribution is 2.29. The molecule has 0 radical (unpaired) electrons. The Morgan fingerprint density at radius 1 is 1.10 bits per heavy atom. The highest BCUT2D eigenvalue weighted by Gasteiger charge is 2.50. The van der Waals surface area contributed by atoms with Crippen LogP contribution in [0.1, 0.15) is 76.2 Å². The molecule has 0 bridgehead atoms. The minimum absolute atomic E-state index is 0.0254.